The van der Waals surface area contributed by atoms with E-state index in [9.17, 15) is 0 Å². The molecular formula is C21H25BrClN3O. The van der Waals surface area contributed by atoms with Gasteiger partial charge < -0.3 is 14.6 Å². The number of benzene rings is 2. The lowest BCUT2D eigenvalue weighted by Gasteiger charge is -2.16. The third-order valence-electron chi connectivity index (χ3n) is 5.15. The van der Waals surface area contributed by atoms with E-state index in [0.717, 1.165) is 45.5 Å². The fraction of sp³-hybridized carbons (Fsp3) is 0.381. The van der Waals surface area contributed by atoms with Gasteiger partial charge in [-0.25, -0.2) is 4.98 Å². The van der Waals surface area contributed by atoms with Crippen LogP contribution in [0.3, 0.4) is 0 Å². The second kappa shape index (κ2) is 8.11. The van der Waals surface area contributed by atoms with E-state index in [4.69, 9.17) is 21.3 Å². The number of imidazole rings is 1. The summed E-state index contributed by atoms with van der Waals surface area (Å²) in [5.41, 5.74) is 5.34. The number of rotatable bonds is 6. The Labute approximate surface area is 174 Å². The van der Waals surface area contributed by atoms with Crippen LogP contribution in [0, 0.1) is 6.92 Å². The van der Waals surface area contributed by atoms with Crippen LogP contribution >= 0.6 is 27.5 Å². The molecule has 6 heteroatoms. The quantitative estimate of drug-likeness (QED) is 0.441. The van der Waals surface area contributed by atoms with Gasteiger partial charge in [-0.2, -0.15) is 0 Å². The first-order valence-corrected chi connectivity index (χ1v) is 10.3. The van der Waals surface area contributed by atoms with Crippen LogP contribution < -0.4 is 10.1 Å². The summed E-state index contributed by atoms with van der Waals surface area (Å²) in [5.74, 6) is 1.98. The van der Waals surface area contributed by atoms with Gasteiger partial charge in [0, 0.05) is 22.6 Å². The topological polar surface area (TPSA) is 39.1 Å². The van der Waals surface area contributed by atoms with Crippen LogP contribution in [0.25, 0.3) is 11.0 Å². The van der Waals surface area contributed by atoms with Gasteiger partial charge in [0.1, 0.15) is 11.3 Å². The predicted octanol–water partition coefficient (Wildman–Crippen LogP) is 6.95. The first kappa shape index (κ1) is 20.0. The Morgan fingerprint density at radius 2 is 1.96 bits per heavy atom. The summed E-state index contributed by atoms with van der Waals surface area (Å²) in [7, 11) is 3.70. The second-order valence-electron chi connectivity index (χ2n) is 6.77. The van der Waals surface area contributed by atoms with Crippen molar-refractivity contribution in [2.75, 3.05) is 12.4 Å². The number of hydrogen-bond donors (Lipinski definition) is 1. The summed E-state index contributed by atoms with van der Waals surface area (Å²) in [6.45, 7) is 6.48. The number of aryl methyl sites for hydroxylation is 2. The Balaban J connectivity index is 2.16. The van der Waals surface area contributed by atoms with E-state index in [1.165, 1.54) is 5.56 Å². The Bertz CT molecular complexity index is 979. The van der Waals surface area contributed by atoms with Crippen molar-refractivity contribution in [1.29, 1.82) is 0 Å². The SMILES string of the molecule is CCC(CC)c1ccc(Br)c2nc(Nc3c(C)cc(Cl)cc3OC)n(C)c12. The zero-order chi connectivity index (χ0) is 19.7. The lowest BCUT2D eigenvalue weighted by atomic mass is 9.93. The van der Waals surface area contributed by atoms with Crippen LogP contribution in [0.15, 0.2) is 28.7 Å². The van der Waals surface area contributed by atoms with Gasteiger partial charge in [-0.3, -0.25) is 0 Å². The van der Waals surface area contributed by atoms with Gasteiger partial charge in [0.15, 0.2) is 0 Å². The first-order valence-electron chi connectivity index (χ1n) is 9.17. The van der Waals surface area contributed by atoms with Crippen molar-refractivity contribution >= 4 is 50.2 Å². The maximum atomic E-state index is 6.17. The summed E-state index contributed by atoms with van der Waals surface area (Å²) in [6, 6.07) is 8.04. The summed E-state index contributed by atoms with van der Waals surface area (Å²) in [5, 5.41) is 4.10. The van der Waals surface area contributed by atoms with Crippen LogP contribution in [-0.2, 0) is 7.05 Å². The van der Waals surface area contributed by atoms with Crippen LogP contribution in [0.4, 0.5) is 11.6 Å². The molecule has 1 aromatic heterocycles. The lowest BCUT2D eigenvalue weighted by molar-refractivity contribution is 0.416. The molecule has 144 valence electrons. The number of halogens is 2. The molecule has 27 heavy (non-hydrogen) atoms. The number of methoxy groups -OCH3 is 1. The molecule has 0 aliphatic rings. The molecule has 0 saturated heterocycles. The number of nitrogens with one attached hydrogen (secondary N) is 1. The van der Waals surface area contributed by atoms with E-state index >= 15 is 0 Å². The van der Waals surface area contributed by atoms with Gasteiger partial charge >= 0.3 is 0 Å². The van der Waals surface area contributed by atoms with Crippen molar-refractivity contribution in [2.45, 2.75) is 39.5 Å². The highest BCUT2D eigenvalue weighted by molar-refractivity contribution is 9.10. The largest absolute Gasteiger partial charge is 0.495 e. The van der Waals surface area contributed by atoms with E-state index in [1.54, 1.807) is 7.11 Å². The van der Waals surface area contributed by atoms with Crippen molar-refractivity contribution in [3.63, 3.8) is 0 Å². The summed E-state index contributed by atoms with van der Waals surface area (Å²) in [6.07, 6.45) is 2.20. The molecule has 3 rings (SSSR count). The number of nitrogens with zero attached hydrogens (tertiary/aromatic N) is 2. The number of ether oxygens (including phenoxy) is 1. The summed E-state index contributed by atoms with van der Waals surface area (Å²) >= 11 is 9.84. The average molecular weight is 451 g/mol. The molecule has 0 atom stereocenters. The molecule has 0 aliphatic heterocycles. The highest BCUT2D eigenvalue weighted by Crippen LogP contribution is 2.38. The van der Waals surface area contributed by atoms with Gasteiger partial charge in [-0.15, -0.1) is 0 Å². The average Bonchev–Trinajstić information content (AvgIpc) is 2.97. The predicted molar refractivity (Wildman–Crippen MR) is 118 cm³/mol. The Morgan fingerprint density at radius 1 is 1.26 bits per heavy atom. The molecule has 0 amide bonds. The smallest absolute Gasteiger partial charge is 0.208 e. The van der Waals surface area contributed by atoms with E-state index in [-0.39, 0.29) is 0 Å². The molecule has 0 aliphatic carbocycles. The molecule has 3 aromatic rings. The molecule has 2 aromatic carbocycles. The first-order chi connectivity index (χ1) is 12.9. The maximum Gasteiger partial charge on any atom is 0.208 e. The number of anilines is 2. The summed E-state index contributed by atoms with van der Waals surface area (Å²) in [4.78, 5) is 4.87. The van der Waals surface area contributed by atoms with Crippen molar-refractivity contribution < 1.29 is 4.74 Å². The molecule has 0 bridgehead atoms. The van der Waals surface area contributed by atoms with Gasteiger partial charge in [-0.1, -0.05) is 31.5 Å². The minimum atomic E-state index is 0.510. The zero-order valence-corrected chi connectivity index (χ0v) is 18.7. The molecule has 1 N–H and O–H groups in total. The molecule has 1 heterocycles. The molecule has 0 saturated carbocycles. The van der Waals surface area contributed by atoms with Crippen LogP contribution in [0.2, 0.25) is 5.02 Å². The van der Waals surface area contributed by atoms with Crippen molar-refractivity contribution in [3.05, 3.63) is 44.9 Å². The lowest BCUT2D eigenvalue weighted by Crippen LogP contribution is -2.04. The minimum Gasteiger partial charge on any atom is -0.495 e. The standard InChI is InChI=1S/C21H25BrClN3O/c1-6-13(7-2)15-8-9-16(22)19-20(15)26(4)21(25-19)24-18-12(3)10-14(23)11-17(18)27-5/h8-11,13H,6-7H2,1-5H3,(H,24,25). The highest BCUT2D eigenvalue weighted by Gasteiger charge is 2.20. The van der Waals surface area contributed by atoms with E-state index in [0.29, 0.717) is 16.7 Å². The number of fused-ring (bicyclic) bond motifs is 1. The van der Waals surface area contributed by atoms with Crippen molar-refractivity contribution in [1.82, 2.24) is 9.55 Å². The van der Waals surface area contributed by atoms with Crippen LogP contribution in [0.5, 0.6) is 5.75 Å². The van der Waals surface area contributed by atoms with Gasteiger partial charge in [0.25, 0.3) is 0 Å². The van der Waals surface area contributed by atoms with Crippen molar-refractivity contribution in [2.24, 2.45) is 7.05 Å². The monoisotopic (exact) mass is 449 g/mol. The number of hydrogen-bond acceptors (Lipinski definition) is 3. The third kappa shape index (κ3) is 3.67. The Hall–Kier alpha value is -1.72. The normalized spacial score (nSPS) is 11.4. The fourth-order valence-corrected chi connectivity index (χ4v) is 4.30. The molecule has 0 spiro atoms. The van der Waals surface area contributed by atoms with E-state index < -0.39 is 0 Å². The minimum absolute atomic E-state index is 0.510. The van der Waals surface area contributed by atoms with Crippen LogP contribution in [-0.4, -0.2) is 16.7 Å². The van der Waals surface area contributed by atoms with E-state index in [2.05, 4.69) is 51.8 Å². The van der Waals surface area contributed by atoms with E-state index in [1.807, 2.05) is 26.1 Å². The van der Waals surface area contributed by atoms with Crippen LogP contribution in [0.1, 0.15) is 43.7 Å². The van der Waals surface area contributed by atoms with Crippen molar-refractivity contribution in [3.8, 4) is 5.75 Å². The third-order valence-corrected chi connectivity index (χ3v) is 6.01. The molecule has 0 radical (unpaired) electrons. The number of aromatic nitrogens is 2. The van der Waals surface area contributed by atoms with Gasteiger partial charge in [-0.05, 0) is 64.9 Å². The Morgan fingerprint density at radius 3 is 2.59 bits per heavy atom. The summed E-state index contributed by atoms with van der Waals surface area (Å²) < 4.78 is 8.64. The highest BCUT2D eigenvalue weighted by atomic mass is 79.9. The molecular weight excluding hydrogens is 426 g/mol. The molecule has 0 unspecified atom stereocenters. The Kier molecular flexibility index (Phi) is 6.02. The fourth-order valence-electron chi connectivity index (χ4n) is 3.63. The van der Waals surface area contributed by atoms with Gasteiger partial charge in [0.2, 0.25) is 5.95 Å². The maximum absolute atomic E-state index is 6.17. The molecule has 0 fully saturated rings. The van der Waals surface area contributed by atoms with Gasteiger partial charge in [0.05, 0.1) is 18.3 Å². The zero-order valence-electron chi connectivity index (χ0n) is 16.4. The second-order valence-corrected chi connectivity index (χ2v) is 8.06. The molecule has 4 nitrogen and oxygen atoms in total.